The van der Waals surface area contributed by atoms with E-state index in [-0.39, 0.29) is 17.5 Å². The van der Waals surface area contributed by atoms with E-state index in [9.17, 15) is 9.59 Å². The smallest absolute Gasteiger partial charge is 0.270 e. The first kappa shape index (κ1) is 17.0. The lowest BCUT2D eigenvalue weighted by Crippen LogP contribution is -2.44. The normalized spacial score (nSPS) is 12.0. The molecular formula is C15H18ClN5O2. The van der Waals surface area contributed by atoms with E-state index >= 15 is 0 Å². The van der Waals surface area contributed by atoms with Gasteiger partial charge in [-0.15, -0.1) is 0 Å². The number of amides is 2. The van der Waals surface area contributed by atoms with Gasteiger partial charge in [0.15, 0.2) is 0 Å². The third kappa shape index (κ3) is 5.07. The molecule has 0 spiro atoms. The van der Waals surface area contributed by atoms with Crippen molar-refractivity contribution in [3.63, 3.8) is 0 Å². The van der Waals surface area contributed by atoms with Crippen LogP contribution >= 0.6 is 11.6 Å². The number of nitrogens with one attached hydrogen (secondary N) is 3. The first-order valence-electron chi connectivity index (χ1n) is 7.18. The lowest BCUT2D eigenvalue weighted by molar-refractivity contribution is -0.118. The number of hydrogen-bond donors (Lipinski definition) is 3. The van der Waals surface area contributed by atoms with E-state index in [4.69, 9.17) is 11.6 Å². The summed E-state index contributed by atoms with van der Waals surface area (Å²) in [4.78, 5) is 28.5. The summed E-state index contributed by atoms with van der Waals surface area (Å²) in [6.45, 7) is 3.95. The maximum atomic E-state index is 12.4. The number of halogens is 1. The third-order valence-corrected chi connectivity index (χ3v) is 3.27. The molecule has 2 aromatic heterocycles. The summed E-state index contributed by atoms with van der Waals surface area (Å²) in [5.74, 6) is -0.0362. The Hall–Kier alpha value is -2.41. The van der Waals surface area contributed by atoms with E-state index in [0.29, 0.717) is 17.3 Å². The van der Waals surface area contributed by atoms with Crippen molar-refractivity contribution in [2.75, 3.05) is 5.32 Å². The van der Waals surface area contributed by atoms with Gasteiger partial charge in [-0.05, 0) is 24.5 Å². The van der Waals surface area contributed by atoms with Gasteiger partial charge in [-0.2, -0.15) is 5.10 Å². The molecule has 0 bridgehead atoms. The number of rotatable bonds is 6. The van der Waals surface area contributed by atoms with Crippen molar-refractivity contribution in [1.82, 2.24) is 20.5 Å². The van der Waals surface area contributed by atoms with E-state index in [1.165, 1.54) is 18.5 Å². The third-order valence-electron chi connectivity index (χ3n) is 3.05. The Morgan fingerprint density at radius 3 is 2.65 bits per heavy atom. The maximum Gasteiger partial charge on any atom is 0.270 e. The summed E-state index contributed by atoms with van der Waals surface area (Å²) in [6, 6.07) is 4.04. The molecule has 0 saturated heterocycles. The Labute approximate surface area is 138 Å². The fraction of sp³-hybridized carbons (Fsp3) is 0.333. The molecule has 0 unspecified atom stereocenters. The minimum absolute atomic E-state index is 0.206. The van der Waals surface area contributed by atoms with Crippen LogP contribution in [0, 0.1) is 5.92 Å². The lowest BCUT2D eigenvalue weighted by atomic mass is 10.0. The molecule has 8 heteroatoms. The number of anilines is 1. The van der Waals surface area contributed by atoms with Gasteiger partial charge >= 0.3 is 0 Å². The molecule has 0 radical (unpaired) electrons. The number of hydrogen-bond acceptors (Lipinski definition) is 4. The van der Waals surface area contributed by atoms with Gasteiger partial charge in [-0.3, -0.25) is 14.7 Å². The summed E-state index contributed by atoms with van der Waals surface area (Å²) in [5, 5.41) is 12.2. The van der Waals surface area contributed by atoms with Gasteiger partial charge in [0.2, 0.25) is 5.91 Å². The van der Waals surface area contributed by atoms with Crippen molar-refractivity contribution in [1.29, 1.82) is 0 Å². The number of carbonyl (C=O) groups excluding carboxylic acids is 2. The summed E-state index contributed by atoms with van der Waals surface area (Å²) in [7, 11) is 0. The van der Waals surface area contributed by atoms with Gasteiger partial charge in [0.1, 0.15) is 17.6 Å². The van der Waals surface area contributed by atoms with Crippen LogP contribution in [0.25, 0.3) is 0 Å². The van der Waals surface area contributed by atoms with Crippen LogP contribution in [0.3, 0.4) is 0 Å². The zero-order valence-electron chi connectivity index (χ0n) is 12.8. The number of pyridine rings is 1. The van der Waals surface area contributed by atoms with E-state index < -0.39 is 11.9 Å². The second kappa shape index (κ2) is 7.73. The van der Waals surface area contributed by atoms with Crippen molar-refractivity contribution < 1.29 is 9.59 Å². The number of nitrogens with zero attached hydrogens (tertiary/aromatic N) is 2. The molecule has 23 heavy (non-hydrogen) atoms. The van der Waals surface area contributed by atoms with Crippen LogP contribution in [0.15, 0.2) is 30.6 Å². The second-order valence-electron chi connectivity index (χ2n) is 5.48. The Morgan fingerprint density at radius 1 is 1.30 bits per heavy atom. The van der Waals surface area contributed by atoms with Gasteiger partial charge in [0, 0.05) is 12.3 Å². The molecule has 122 valence electrons. The molecule has 1 atom stereocenters. The van der Waals surface area contributed by atoms with Crippen molar-refractivity contribution >= 4 is 29.2 Å². The summed E-state index contributed by atoms with van der Waals surface area (Å²) >= 11 is 5.75. The Morgan fingerprint density at radius 2 is 2.09 bits per heavy atom. The molecule has 0 aliphatic rings. The van der Waals surface area contributed by atoms with E-state index in [0.717, 1.165) is 0 Å². The van der Waals surface area contributed by atoms with Gasteiger partial charge < -0.3 is 10.6 Å². The molecule has 0 fully saturated rings. The molecule has 3 N–H and O–H groups in total. The minimum Gasteiger partial charge on any atom is -0.339 e. The molecule has 0 aliphatic carbocycles. The molecule has 2 aromatic rings. The highest BCUT2D eigenvalue weighted by Crippen LogP contribution is 2.10. The fourth-order valence-corrected chi connectivity index (χ4v) is 2.10. The van der Waals surface area contributed by atoms with Gasteiger partial charge in [0.25, 0.3) is 5.91 Å². The highest BCUT2D eigenvalue weighted by molar-refractivity contribution is 6.30. The lowest BCUT2D eigenvalue weighted by Gasteiger charge is -2.19. The largest absolute Gasteiger partial charge is 0.339 e. The first-order chi connectivity index (χ1) is 11.0. The zero-order chi connectivity index (χ0) is 16.8. The first-order valence-corrected chi connectivity index (χ1v) is 7.56. The topological polar surface area (TPSA) is 99.8 Å². The van der Waals surface area contributed by atoms with Crippen molar-refractivity contribution in [2.45, 2.75) is 26.3 Å². The van der Waals surface area contributed by atoms with Crippen molar-refractivity contribution in [3.8, 4) is 0 Å². The van der Waals surface area contributed by atoms with Crippen LogP contribution < -0.4 is 10.6 Å². The number of aromatic amines is 1. The van der Waals surface area contributed by atoms with Crippen LogP contribution in [-0.2, 0) is 4.79 Å². The average molecular weight is 336 g/mol. The van der Waals surface area contributed by atoms with Crippen LogP contribution in [0.5, 0.6) is 0 Å². The van der Waals surface area contributed by atoms with Gasteiger partial charge in [-0.1, -0.05) is 25.4 Å². The van der Waals surface area contributed by atoms with Crippen molar-refractivity contribution in [3.05, 3.63) is 41.3 Å². The standard InChI is InChI=1S/C15H18ClN5O2/c1-9(2)7-12(15(23)20-13-5-6-18-21-13)19-14(22)11-4-3-10(16)8-17-11/h3-6,8-9,12H,7H2,1-2H3,(H,19,22)(H2,18,20,21,23)/t12-/m1/s1. The van der Waals surface area contributed by atoms with Crippen LogP contribution in [0.4, 0.5) is 5.82 Å². The monoisotopic (exact) mass is 335 g/mol. The molecule has 0 aromatic carbocycles. The predicted octanol–water partition coefficient (Wildman–Crippen LogP) is 2.24. The van der Waals surface area contributed by atoms with Crippen molar-refractivity contribution in [2.24, 2.45) is 5.92 Å². The van der Waals surface area contributed by atoms with Gasteiger partial charge in [0.05, 0.1) is 11.2 Å². The van der Waals surface area contributed by atoms with Crippen LogP contribution in [0.1, 0.15) is 30.8 Å². The highest BCUT2D eigenvalue weighted by Gasteiger charge is 2.23. The van der Waals surface area contributed by atoms with Crippen LogP contribution in [-0.4, -0.2) is 33.0 Å². The maximum absolute atomic E-state index is 12.4. The molecule has 0 saturated carbocycles. The molecule has 2 rings (SSSR count). The summed E-state index contributed by atoms with van der Waals surface area (Å²) in [6.07, 6.45) is 3.42. The molecule has 7 nitrogen and oxygen atoms in total. The predicted molar refractivity (Wildman–Crippen MR) is 87.2 cm³/mol. The average Bonchev–Trinajstić information content (AvgIpc) is 2.99. The quantitative estimate of drug-likeness (QED) is 0.753. The van der Waals surface area contributed by atoms with Gasteiger partial charge in [-0.25, -0.2) is 4.98 Å². The molecule has 0 aliphatic heterocycles. The van der Waals surface area contributed by atoms with Crippen LogP contribution in [0.2, 0.25) is 5.02 Å². The minimum atomic E-state index is -0.678. The number of carbonyl (C=O) groups is 2. The molecular weight excluding hydrogens is 318 g/mol. The number of aromatic nitrogens is 3. The molecule has 2 heterocycles. The molecule has 2 amide bonds. The van der Waals surface area contributed by atoms with E-state index in [2.05, 4.69) is 25.8 Å². The summed E-state index contributed by atoms with van der Waals surface area (Å²) < 4.78 is 0. The second-order valence-corrected chi connectivity index (χ2v) is 5.91. The Balaban J connectivity index is 2.06. The summed E-state index contributed by atoms with van der Waals surface area (Å²) in [5.41, 5.74) is 0.206. The SMILES string of the molecule is CC(C)C[C@@H](NC(=O)c1ccc(Cl)cn1)C(=O)Nc1ccn[nH]1. The number of H-pyrrole nitrogens is 1. The van der Waals surface area contributed by atoms with E-state index in [1.54, 1.807) is 12.1 Å². The fourth-order valence-electron chi connectivity index (χ4n) is 1.99. The Kier molecular flexibility index (Phi) is 5.70. The Bertz CT molecular complexity index is 655. The highest BCUT2D eigenvalue weighted by atomic mass is 35.5. The zero-order valence-corrected chi connectivity index (χ0v) is 13.6. The van der Waals surface area contributed by atoms with E-state index in [1.807, 2.05) is 13.8 Å².